The van der Waals surface area contributed by atoms with E-state index in [1.165, 1.54) is 22.5 Å². The van der Waals surface area contributed by atoms with Crippen LogP contribution < -0.4 is 4.90 Å². The highest BCUT2D eigenvalue weighted by Crippen LogP contribution is 2.33. The van der Waals surface area contributed by atoms with Gasteiger partial charge in [0.2, 0.25) is 5.91 Å². The van der Waals surface area contributed by atoms with Crippen LogP contribution in [0.15, 0.2) is 78.4 Å². The molecule has 4 aromatic rings. The molecule has 41 heavy (non-hydrogen) atoms. The molecule has 0 bridgehead atoms. The maximum absolute atomic E-state index is 13.8. The molecule has 2 aliphatic rings. The summed E-state index contributed by atoms with van der Waals surface area (Å²) in [6, 6.07) is 20.2. The molecule has 7 heteroatoms. The number of nitrogens with zero attached hydrogens (tertiary/aromatic N) is 3. The molecule has 1 aliphatic carbocycles. The number of hydrogen-bond donors (Lipinski definition) is 0. The van der Waals surface area contributed by atoms with Gasteiger partial charge in [0.1, 0.15) is 11.0 Å². The number of amides is 3. The fourth-order valence-electron chi connectivity index (χ4n) is 5.78. The van der Waals surface area contributed by atoms with Gasteiger partial charge in [-0.1, -0.05) is 35.4 Å². The van der Waals surface area contributed by atoms with Gasteiger partial charge in [-0.2, -0.15) is 0 Å². The molecule has 0 radical (unpaired) electrons. The lowest BCUT2D eigenvalue weighted by Gasteiger charge is -2.29. The Hall–Kier alpha value is -4.10. The first-order valence-electron chi connectivity index (χ1n) is 14.3. The number of rotatable bonds is 7. The average molecular weight is 564 g/mol. The van der Waals surface area contributed by atoms with Gasteiger partial charge in [-0.25, -0.2) is 9.88 Å². The summed E-state index contributed by atoms with van der Waals surface area (Å²) in [4.78, 5) is 48.5. The highest BCUT2D eigenvalue weighted by Gasteiger charge is 2.44. The first-order chi connectivity index (χ1) is 19.9. The van der Waals surface area contributed by atoms with Gasteiger partial charge in [0, 0.05) is 17.7 Å². The van der Waals surface area contributed by atoms with Gasteiger partial charge < -0.3 is 4.90 Å². The molecule has 1 saturated heterocycles. The average Bonchev–Trinajstić information content (AvgIpc) is 3.53. The summed E-state index contributed by atoms with van der Waals surface area (Å²) in [7, 11) is 0. The van der Waals surface area contributed by atoms with Gasteiger partial charge in [-0.05, 0) is 100 Å². The zero-order valence-electron chi connectivity index (χ0n) is 23.4. The minimum atomic E-state index is -0.827. The number of aryl methyl sites for hydroxylation is 2. The number of hydrogen-bond acceptors (Lipinski definition) is 5. The summed E-state index contributed by atoms with van der Waals surface area (Å²) in [5, 5.41) is 0.890. The number of carbonyl (C=O) groups is 3. The lowest BCUT2D eigenvalue weighted by molar-refractivity contribution is -0.122. The Kier molecular flexibility index (Phi) is 7.54. The molecule has 2 heterocycles. The van der Waals surface area contributed by atoms with Gasteiger partial charge in [-0.3, -0.25) is 14.4 Å². The minimum Gasteiger partial charge on any atom is -0.326 e. The van der Waals surface area contributed by atoms with E-state index in [-0.39, 0.29) is 24.1 Å². The van der Waals surface area contributed by atoms with E-state index >= 15 is 0 Å². The predicted octanol–water partition coefficient (Wildman–Crippen LogP) is 7.24. The van der Waals surface area contributed by atoms with Crippen molar-refractivity contribution in [3.63, 3.8) is 0 Å². The number of benzene rings is 3. The van der Waals surface area contributed by atoms with E-state index in [1.54, 1.807) is 34.4 Å². The van der Waals surface area contributed by atoms with Crippen LogP contribution in [0, 0.1) is 13.8 Å². The lowest BCUT2D eigenvalue weighted by Crippen LogP contribution is -2.46. The van der Waals surface area contributed by atoms with Crippen LogP contribution in [0.4, 0.5) is 5.69 Å². The number of anilines is 1. The smallest absolute Gasteiger partial charge is 0.257 e. The van der Waals surface area contributed by atoms with Gasteiger partial charge in [0.05, 0.1) is 22.3 Å². The quantitative estimate of drug-likeness (QED) is 0.175. The molecule has 208 valence electrons. The Morgan fingerprint density at radius 3 is 2.56 bits per heavy atom. The van der Waals surface area contributed by atoms with Gasteiger partial charge in [0.25, 0.3) is 11.8 Å². The van der Waals surface area contributed by atoms with Crippen molar-refractivity contribution >= 4 is 45.0 Å². The summed E-state index contributed by atoms with van der Waals surface area (Å²) < 4.78 is 1.12. The number of imide groups is 1. The van der Waals surface area contributed by atoms with Crippen LogP contribution in [0.2, 0.25) is 0 Å². The van der Waals surface area contributed by atoms with Crippen molar-refractivity contribution in [1.82, 2.24) is 9.88 Å². The SMILES string of the molecule is Cc1cccc(C(=O)N(CCC2=CCCCC2)C2CC(=O)N(c3ccc(-c4nc5ccc(C)cc5s4)cc3)C2=O)c1. The predicted molar refractivity (Wildman–Crippen MR) is 164 cm³/mol. The molecule has 3 aromatic carbocycles. The molecule has 1 unspecified atom stereocenters. The second kappa shape index (κ2) is 11.4. The van der Waals surface area contributed by atoms with Gasteiger partial charge in [0.15, 0.2) is 0 Å². The van der Waals surface area contributed by atoms with E-state index in [4.69, 9.17) is 4.98 Å². The Morgan fingerprint density at radius 2 is 1.80 bits per heavy atom. The van der Waals surface area contributed by atoms with E-state index in [0.717, 1.165) is 45.6 Å². The van der Waals surface area contributed by atoms with Crippen molar-refractivity contribution in [3.05, 3.63) is 95.1 Å². The normalized spacial score (nSPS) is 17.3. The van der Waals surface area contributed by atoms with Crippen molar-refractivity contribution in [2.24, 2.45) is 0 Å². The molecule has 1 aromatic heterocycles. The molecule has 0 saturated carbocycles. The third-order valence-electron chi connectivity index (χ3n) is 8.00. The van der Waals surface area contributed by atoms with Crippen LogP contribution in [0.3, 0.4) is 0 Å². The highest BCUT2D eigenvalue weighted by molar-refractivity contribution is 7.21. The molecular formula is C34H33N3O3S. The Labute approximate surface area is 244 Å². The highest BCUT2D eigenvalue weighted by atomic mass is 32.1. The van der Waals surface area contributed by atoms with Crippen LogP contribution in [0.25, 0.3) is 20.8 Å². The van der Waals surface area contributed by atoms with Crippen LogP contribution >= 0.6 is 11.3 Å². The van der Waals surface area contributed by atoms with Gasteiger partial charge >= 0.3 is 0 Å². The summed E-state index contributed by atoms with van der Waals surface area (Å²) in [6.45, 7) is 4.42. The fraction of sp³-hybridized carbons (Fsp3) is 0.294. The van der Waals surface area contributed by atoms with E-state index < -0.39 is 6.04 Å². The summed E-state index contributed by atoms with van der Waals surface area (Å²) in [6.07, 6.45) is 7.39. The fourth-order valence-corrected chi connectivity index (χ4v) is 6.85. The van der Waals surface area contributed by atoms with Crippen LogP contribution in [-0.2, 0) is 9.59 Å². The topological polar surface area (TPSA) is 70.6 Å². The third kappa shape index (κ3) is 5.59. The standard InChI is InChI=1S/C34H33N3O3S/c1-22-7-6-10-26(19-22)33(39)36(18-17-24-8-4-3-5-9-24)29-21-31(38)37(34(29)40)27-14-12-25(13-15-27)32-35-28-16-11-23(2)20-30(28)41-32/h6-8,10-16,19-20,29H,3-5,9,17-18,21H2,1-2H3. The maximum atomic E-state index is 13.8. The largest absolute Gasteiger partial charge is 0.326 e. The first-order valence-corrected chi connectivity index (χ1v) is 15.1. The molecule has 1 fully saturated rings. The van der Waals surface area contributed by atoms with E-state index in [2.05, 4.69) is 25.1 Å². The van der Waals surface area contributed by atoms with Crippen molar-refractivity contribution in [1.29, 1.82) is 0 Å². The van der Waals surface area contributed by atoms with Gasteiger partial charge in [-0.15, -0.1) is 11.3 Å². The van der Waals surface area contributed by atoms with E-state index in [9.17, 15) is 14.4 Å². The Balaban J connectivity index is 1.25. The van der Waals surface area contributed by atoms with Crippen molar-refractivity contribution in [2.75, 3.05) is 11.4 Å². The summed E-state index contributed by atoms with van der Waals surface area (Å²) in [5.41, 5.74) is 6.43. The van der Waals surface area contributed by atoms with Crippen LogP contribution in [0.1, 0.15) is 60.0 Å². The zero-order valence-corrected chi connectivity index (χ0v) is 24.2. The zero-order chi connectivity index (χ0) is 28.5. The number of fused-ring (bicyclic) bond motifs is 1. The molecule has 0 N–H and O–H groups in total. The Bertz CT molecular complexity index is 1670. The molecule has 6 nitrogen and oxygen atoms in total. The molecule has 6 rings (SSSR count). The van der Waals surface area contributed by atoms with E-state index in [1.807, 2.05) is 43.3 Å². The van der Waals surface area contributed by atoms with Crippen LogP contribution in [-0.4, -0.2) is 40.2 Å². The first kappa shape index (κ1) is 27.1. The molecule has 0 spiro atoms. The minimum absolute atomic E-state index is 0.0194. The lowest BCUT2D eigenvalue weighted by atomic mass is 9.96. The van der Waals surface area contributed by atoms with Crippen molar-refractivity contribution in [3.8, 4) is 10.6 Å². The third-order valence-corrected chi connectivity index (χ3v) is 9.07. The summed E-state index contributed by atoms with van der Waals surface area (Å²) in [5.74, 6) is -0.849. The molecule has 1 aliphatic heterocycles. The van der Waals surface area contributed by atoms with Crippen molar-refractivity contribution < 1.29 is 14.4 Å². The second-order valence-electron chi connectivity index (χ2n) is 11.1. The second-order valence-corrected chi connectivity index (χ2v) is 12.1. The number of carbonyl (C=O) groups excluding carboxylic acids is 3. The molecule has 1 atom stereocenters. The van der Waals surface area contributed by atoms with Crippen molar-refractivity contribution in [2.45, 2.75) is 58.4 Å². The molecular weight excluding hydrogens is 530 g/mol. The number of aromatic nitrogens is 1. The van der Waals surface area contributed by atoms with Crippen LogP contribution in [0.5, 0.6) is 0 Å². The van der Waals surface area contributed by atoms with E-state index in [0.29, 0.717) is 24.2 Å². The Morgan fingerprint density at radius 1 is 1.00 bits per heavy atom. The number of allylic oxidation sites excluding steroid dienone is 1. The maximum Gasteiger partial charge on any atom is 0.257 e. The molecule has 3 amide bonds. The summed E-state index contributed by atoms with van der Waals surface area (Å²) >= 11 is 1.62. The number of thiazole rings is 1. The monoisotopic (exact) mass is 563 g/mol.